The van der Waals surface area contributed by atoms with Gasteiger partial charge >= 0.3 is 12.3 Å². The number of nitrogens with zero attached hydrogens (tertiary/aromatic N) is 2. The Morgan fingerprint density at radius 3 is 2.81 bits per heavy atom. The highest BCUT2D eigenvalue weighted by molar-refractivity contribution is 5.65. The highest BCUT2D eigenvalue weighted by atomic mass is 19.4. The van der Waals surface area contributed by atoms with Crippen molar-refractivity contribution in [1.29, 1.82) is 0 Å². The quantitative estimate of drug-likeness (QED) is 0.912. The van der Waals surface area contributed by atoms with E-state index in [-0.39, 0.29) is 18.5 Å². The van der Waals surface area contributed by atoms with Crippen molar-refractivity contribution in [3.05, 3.63) is 23.9 Å². The number of piperidine rings is 1. The number of alkyl halides is 3. The maximum Gasteiger partial charge on any atom is 0.416 e. The summed E-state index contributed by atoms with van der Waals surface area (Å²) in [6.07, 6.45) is -3.83. The summed E-state index contributed by atoms with van der Waals surface area (Å²) in [5.41, 5.74) is -0.841. The van der Waals surface area contributed by atoms with Gasteiger partial charge in [0, 0.05) is 18.3 Å². The number of hydrogen-bond donors (Lipinski definition) is 1. The van der Waals surface area contributed by atoms with Crippen LogP contribution in [0.3, 0.4) is 0 Å². The molecular formula is C13H15F3N2O3. The Kier molecular flexibility index (Phi) is 4.24. The molecule has 1 amide bonds. The molecule has 2 heterocycles. The van der Waals surface area contributed by atoms with Crippen molar-refractivity contribution < 1.29 is 27.8 Å². The fraction of sp³-hybridized carbons (Fsp3) is 0.538. The van der Waals surface area contributed by atoms with Crippen LogP contribution in [0.15, 0.2) is 18.3 Å². The molecule has 2 unspecified atom stereocenters. The van der Waals surface area contributed by atoms with E-state index in [1.807, 2.05) is 0 Å². The number of likely N-dealkylation sites (tertiary alicyclic amines) is 1. The third kappa shape index (κ3) is 3.77. The van der Waals surface area contributed by atoms with Gasteiger partial charge in [0.1, 0.15) is 6.10 Å². The Labute approximate surface area is 119 Å². The monoisotopic (exact) mass is 304 g/mol. The van der Waals surface area contributed by atoms with Gasteiger partial charge in [-0.3, -0.25) is 0 Å². The molecule has 0 bridgehead atoms. The standard InChI is InChI=1S/C13H15F3N2O3/c1-8-2-3-10(7-18(8)12(19)20)21-11-6-9(4-5-17-11)13(14,15)16/h4-6,8,10H,2-3,7H2,1H3,(H,19,20). The Balaban J connectivity index is 2.07. The molecule has 1 saturated heterocycles. The summed E-state index contributed by atoms with van der Waals surface area (Å²) < 4.78 is 43.2. The van der Waals surface area contributed by atoms with Crippen molar-refractivity contribution in [1.82, 2.24) is 9.88 Å². The Morgan fingerprint density at radius 2 is 2.19 bits per heavy atom. The first kappa shape index (κ1) is 15.4. The first-order chi connectivity index (χ1) is 9.77. The van der Waals surface area contributed by atoms with Gasteiger partial charge in [-0.2, -0.15) is 13.2 Å². The molecule has 1 aromatic heterocycles. The summed E-state index contributed by atoms with van der Waals surface area (Å²) in [6, 6.07) is 1.56. The molecule has 116 valence electrons. The maximum absolute atomic E-state index is 12.6. The van der Waals surface area contributed by atoms with Gasteiger partial charge in [0.25, 0.3) is 0 Å². The molecule has 8 heteroatoms. The van der Waals surface area contributed by atoms with Crippen LogP contribution in [0.25, 0.3) is 0 Å². The van der Waals surface area contributed by atoms with Crippen LogP contribution in [0.1, 0.15) is 25.3 Å². The minimum atomic E-state index is -4.46. The highest BCUT2D eigenvalue weighted by Gasteiger charge is 2.32. The number of carboxylic acid groups (broad SMARTS) is 1. The average Bonchev–Trinajstić information content (AvgIpc) is 2.40. The van der Waals surface area contributed by atoms with Gasteiger partial charge in [-0.1, -0.05) is 0 Å². The van der Waals surface area contributed by atoms with Crippen LogP contribution in [0.4, 0.5) is 18.0 Å². The van der Waals surface area contributed by atoms with Gasteiger partial charge in [0.15, 0.2) is 0 Å². The van der Waals surface area contributed by atoms with Gasteiger partial charge in [0.2, 0.25) is 5.88 Å². The third-order valence-corrected chi connectivity index (χ3v) is 3.43. The van der Waals surface area contributed by atoms with Crippen LogP contribution >= 0.6 is 0 Å². The fourth-order valence-electron chi connectivity index (χ4n) is 2.26. The Hall–Kier alpha value is -1.99. The molecule has 1 aliphatic heterocycles. The largest absolute Gasteiger partial charge is 0.472 e. The molecule has 5 nitrogen and oxygen atoms in total. The van der Waals surface area contributed by atoms with E-state index in [1.165, 1.54) is 4.90 Å². The zero-order valence-corrected chi connectivity index (χ0v) is 11.3. The zero-order chi connectivity index (χ0) is 15.6. The summed E-state index contributed by atoms with van der Waals surface area (Å²) in [7, 11) is 0. The van der Waals surface area contributed by atoms with Crippen LogP contribution in [0, 0.1) is 0 Å². The first-order valence-corrected chi connectivity index (χ1v) is 6.47. The summed E-state index contributed by atoms with van der Waals surface area (Å²) >= 11 is 0. The van der Waals surface area contributed by atoms with E-state index < -0.39 is 23.9 Å². The second kappa shape index (κ2) is 5.79. The maximum atomic E-state index is 12.6. The molecule has 0 radical (unpaired) electrons. The molecule has 0 saturated carbocycles. The summed E-state index contributed by atoms with van der Waals surface area (Å²) in [5, 5.41) is 9.05. The Bertz CT molecular complexity index is 522. The molecule has 0 aromatic carbocycles. The smallest absolute Gasteiger partial charge is 0.416 e. The third-order valence-electron chi connectivity index (χ3n) is 3.43. The minimum Gasteiger partial charge on any atom is -0.472 e. The lowest BCUT2D eigenvalue weighted by molar-refractivity contribution is -0.137. The predicted octanol–water partition coefficient (Wildman–Crippen LogP) is 3.01. The molecule has 1 aliphatic rings. The zero-order valence-electron chi connectivity index (χ0n) is 11.3. The van der Waals surface area contributed by atoms with E-state index in [0.717, 1.165) is 18.3 Å². The van der Waals surface area contributed by atoms with Crippen molar-refractivity contribution in [3.63, 3.8) is 0 Å². The normalized spacial score (nSPS) is 23.0. The van der Waals surface area contributed by atoms with Crippen molar-refractivity contribution >= 4 is 6.09 Å². The first-order valence-electron chi connectivity index (χ1n) is 6.47. The Morgan fingerprint density at radius 1 is 1.48 bits per heavy atom. The number of pyridine rings is 1. The summed E-state index contributed by atoms with van der Waals surface area (Å²) in [6.45, 7) is 1.90. The molecule has 2 rings (SSSR count). The van der Waals surface area contributed by atoms with Gasteiger partial charge in [0.05, 0.1) is 12.1 Å². The lowest BCUT2D eigenvalue weighted by Crippen LogP contribution is -2.48. The van der Waals surface area contributed by atoms with Crippen LogP contribution in [0.2, 0.25) is 0 Å². The lowest BCUT2D eigenvalue weighted by Gasteiger charge is -2.35. The second-order valence-electron chi connectivity index (χ2n) is 4.98. The molecule has 1 N–H and O–H groups in total. The second-order valence-corrected chi connectivity index (χ2v) is 4.98. The van der Waals surface area contributed by atoms with Gasteiger partial charge in [-0.05, 0) is 25.8 Å². The van der Waals surface area contributed by atoms with Crippen molar-refractivity contribution in [2.45, 2.75) is 38.1 Å². The van der Waals surface area contributed by atoms with E-state index >= 15 is 0 Å². The average molecular weight is 304 g/mol. The number of ether oxygens (including phenoxy) is 1. The van der Waals surface area contributed by atoms with Crippen molar-refractivity contribution in [3.8, 4) is 5.88 Å². The number of carbonyl (C=O) groups is 1. The number of rotatable bonds is 2. The fourth-order valence-corrected chi connectivity index (χ4v) is 2.26. The van der Waals surface area contributed by atoms with E-state index in [0.29, 0.717) is 12.8 Å². The van der Waals surface area contributed by atoms with Crippen molar-refractivity contribution in [2.24, 2.45) is 0 Å². The number of halogens is 3. The minimum absolute atomic E-state index is 0.119. The molecule has 0 spiro atoms. The van der Waals surface area contributed by atoms with Crippen LogP contribution in [0.5, 0.6) is 5.88 Å². The number of amides is 1. The van der Waals surface area contributed by atoms with Crippen LogP contribution < -0.4 is 4.74 Å². The summed E-state index contributed by atoms with van der Waals surface area (Å²) in [5.74, 6) is -0.144. The van der Waals surface area contributed by atoms with E-state index in [9.17, 15) is 18.0 Å². The number of hydrogen-bond acceptors (Lipinski definition) is 3. The molecule has 1 aromatic rings. The van der Waals surface area contributed by atoms with E-state index in [4.69, 9.17) is 9.84 Å². The van der Waals surface area contributed by atoms with Gasteiger partial charge in [-0.15, -0.1) is 0 Å². The van der Waals surface area contributed by atoms with Crippen LogP contribution in [-0.2, 0) is 6.18 Å². The SMILES string of the molecule is CC1CCC(Oc2cc(C(F)(F)F)ccn2)CN1C(=O)O. The molecule has 2 atom stereocenters. The summed E-state index contributed by atoms with van der Waals surface area (Å²) in [4.78, 5) is 16.0. The molecule has 1 fully saturated rings. The van der Waals surface area contributed by atoms with E-state index in [2.05, 4.69) is 4.98 Å². The topological polar surface area (TPSA) is 62.7 Å². The van der Waals surface area contributed by atoms with Crippen LogP contribution in [-0.4, -0.2) is 39.8 Å². The highest BCUT2D eigenvalue weighted by Crippen LogP contribution is 2.31. The van der Waals surface area contributed by atoms with Gasteiger partial charge < -0.3 is 14.7 Å². The van der Waals surface area contributed by atoms with E-state index in [1.54, 1.807) is 6.92 Å². The number of aromatic nitrogens is 1. The predicted molar refractivity (Wildman–Crippen MR) is 67.1 cm³/mol. The molecular weight excluding hydrogens is 289 g/mol. The molecule has 21 heavy (non-hydrogen) atoms. The van der Waals surface area contributed by atoms with Crippen molar-refractivity contribution in [2.75, 3.05) is 6.54 Å². The van der Waals surface area contributed by atoms with Gasteiger partial charge in [-0.25, -0.2) is 9.78 Å². The molecule has 0 aliphatic carbocycles. The lowest BCUT2D eigenvalue weighted by atomic mass is 10.0.